The highest BCUT2D eigenvalue weighted by Crippen LogP contribution is 2.44. The molecule has 1 aliphatic heterocycles. The lowest BCUT2D eigenvalue weighted by atomic mass is 9.89. The third-order valence-corrected chi connectivity index (χ3v) is 6.92. The normalized spacial score (nSPS) is 20.9. The van der Waals surface area contributed by atoms with Crippen LogP contribution in [0.15, 0.2) is 48.5 Å². The molecule has 0 aromatic heterocycles. The first-order valence-electron chi connectivity index (χ1n) is 11.9. The summed E-state index contributed by atoms with van der Waals surface area (Å²) in [6.07, 6.45) is -0.209. The summed E-state index contributed by atoms with van der Waals surface area (Å²) >= 11 is 0. The number of aliphatic carboxylic acids is 1. The van der Waals surface area contributed by atoms with Crippen LogP contribution in [0.25, 0.3) is 11.1 Å². The van der Waals surface area contributed by atoms with Crippen molar-refractivity contribution >= 4 is 18.0 Å². The number of carboxylic acids is 1. The summed E-state index contributed by atoms with van der Waals surface area (Å²) in [5.41, 5.74) is 3.06. The number of piperidine rings is 1. The van der Waals surface area contributed by atoms with Gasteiger partial charge in [-0.05, 0) is 41.5 Å². The van der Waals surface area contributed by atoms with Crippen LogP contribution >= 0.6 is 0 Å². The van der Waals surface area contributed by atoms with E-state index in [1.807, 2.05) is 43.3 Å². The van der Waals surface area contributed by atoms with Gasteiger partial charge in [-0.15, -0.1) is 0 Å². The van der Waals surface area contributed by atoms with E-state index in [1.165, 1.54) is 12.0 Å². The number of hydrogen-bond donors (Lipinski definition) is 2. The molecular formula is C27H32N2O6. The van der Waals surface area contributed by atoms with Crippen LogP contribution in [0.4, 0.5) is 4.79 Å². The second kappa shape index (κ2) is 10.1. The Bertz CT molecular complexity index is 1070. The molecule has 35 heavy (non-hydrogen) atoms. The van der Waals surface area contributed by atoms with E-state index in [4.69, 9.17) is 9.47 Å². The number of amides is 2. The van der Waals surface area contributed by atoms with Gasteiger partial charge in [0.1, 0.15) is 12.1 Å². The van der Waals surface area contributed by atoms with Crippen LogP contribution in [0.2, 0.25) is 0 Å². The molecule has 8 nitrogen and oxygen atoms in total. The van der Waals surface area contributed by atoms with E-state index >= 15 is 0 Å². The number of carbonyl (C=O) groups excluding carboxylic acids is 2. The fourth-order valence-corrected chi connectivity index (χ4v) is 5.34. The van der Waals surface area contributed by atoms with Crippen molar-refractivity contribution in [2.24, 2.45) is 11.8 Å². The smallest absolute Gasteiger partial charge is 0.408 e. The average Bonchev–Trinajstić information content (AvgIpc) is 3.15. The van der Waals surface area contributed by atoms with Gasteiger partial charge in [0.25, 0.3) is 5.91 Å². The standard InChI is InChI=1S/C27H32N2O6/c1-17-12-18(24(30)31)14-29(13-17)25(32)27(2,16-34-3)28-26(33)35-15-23-21-10-6-4-8-19(21)20-9-5-7-11-22(20)23/h4-11,17-18,23H,12-16H2,1-3H3,(H,28,33)(H,30,31). The highest BCUT2D eigenvalue weighted by molar-refractivity contribution is 5.90. The van der Waals surface area contributed by atoms with Gasteiger partial charge in [0.2, 0.25) is 0 Å². The van der Waals surface area contributed by atoms with E-state index in [-0.39, 0.29) is 37.5 Å². The maximum absolute atomic E-state index is 13.4. The number of nitrogens with one attached hydrogen (secondary N) is 1. The van der Waals surface area contributed by atoms with Crippen LogP contribution in [-0.4, -0.2) is 66.9 Å². The molecule has 2 aliphatic rings. The summed E-state index contributed by atoms with van der Waals surface area (Å²) in [6, 6.07) is 16.1. The number of likely N-dealkylation sites (tertiary alicyclic amines) is 1. The third kappa shape index (κ3) is 5.03. The number of alkyl carbamates (subject to hydrolysis) is 1. The molecule has 0 radical (unpaired) electrons. The van der Waals surface area contributed by atoms with Crippen LogP contribution < -0.4 is 5.32 Å². The van der Waals surface area contributed by atoms with Gasteiger partial charge in [-0.1, -0.05) is 55.5 Å². The first-order chi connectivity index (χ1) is 16.7. The minimum absolute atomic E-state index is 0.0371. The Morgan fingerprint density at radius 2 is 1.66 bits per heavy atom. The van der Waals surface area contributed by atoms with Gasteiger partial charge in [0.15, 0.2) is 0 Å². The van der Waals surface area contributed by atoms with E-state index in [0.29, 0.717) is 13.0 Å². The first-order valence-corrected chi connectivity index (χ1v) is 11.9. The molecule has 186 valence electrons. The zero-order valence-electron chi connectivity index (χ0n) is 20.3. The number of carbonyl (C=O) groups is 3. The molecule has 1 heterocycles. The number of ether oxygens (including phenoxy) is 2. The molecule has 2 aromatic carbocycles. The molecule has 4 rings (SSSR count). The van der Waals surface area contributed by atoms with Crippen molar-refractivity contribution in [1.82, 2.24) is 10.2 Å². The van der Waals surface area contributed by atoms with Crippen LogP contribution in [0, 0.1) is 11.8 Å². The second-order valence-corrected chi connectivity index (χ2v) is 9.80. The predicted octanol–water partition coefficient (Wildman–Crippen LogP) is 3.50. The van der Waals surface area contributed by atoms with E-state index in [1.54, 1.807) is 6.92 Å². The zero-order chi connectivity index (χ0) is 25.2. The van der Waals surface area contributed by atoms with Crippen molar-refractivity contribution in [3.05, 3.63) is 59.7 Å². The molecule has 2 aromatic rings. The zero-order valence-corrected chi connectivity index (χ0v) is 20.3. The Balaban J connectivity index is 1.46. The quantitative estimate of drug-likeness (QED) is 0.629. The van der Waals surface area contributed by atoms with Gasteiger partial charge < -0.3 is 24.8 Å². The number of carboxylic acid groups (broad SMARTS) is 1. The molecule has 8 heteroatoms. The van der Waals surface area contributed by atoms with E-state index < -0.39 is 23.5 Å². The van der Waals surface area contributed by atoms with Crippen LogP contribution in [0.3, 0.4) is 0 Å². The maximum atomic E-state index is 13.4. The molecule has 0 spiro atoms. The molecule has 1 aliphatic carbocycles. The average molecular weight is 481 g/mol. The largest absolute Gasteiger partial charge is 0.481 e. The Labute approximate surface area is 205 Å². The van der Waals surface area contributed by atoms with Gasteiger partial charge in [-0.2, -0.15) is 0 Å². The van der Waals surface area contributed by atoms with Crippen molar-refractivity contribution in [3.8, 4) is 11.1 Å². The fourth-order valence-electron chi connectivity index (χ4n) is 5.34. The SMILES string of the molecule is COCC(C)(NC(=O)OCC1c2ccccc2-c2ccccc21)C(=O)N1CC(C)CC(C(=O)O)C1. The molecule has 1 saturated heterocycles. The van der Waals surface area contributed by atoms with Gasteiger partial charge in [0.05, 0.1) is 12.5 Å². The van der Waals surface area contributed by atoms with E-state index in [0.717, 1.165) is 22.3 Å². The number of rotatable bonds is 7. The molecule has 2 amide bonds. The number of benzene rings is 2. The predicted molar refractivity (Wildman–Crippen MR) is 130 cm³/mol. The van der Waals surface area contributed by atoms with Crippen molar-refractivity contribution in [2.75, 3.05) is 33.4 Å². The summed E-state index contributed by atoms with van der Waals surface area (Å²) in [4.78, 5) is 39.4. The van der Waals surface area contributed by atoms with Crippen molar-refractivity contribution in [1.29, 1.82) is 0 Å². The lowest BCUT2D eigenvalue weighted by Gasteiger charge is -2.40. The molecule has 3 atom stereocenters. The molecule has 3 unspecified atom stereocenters. The lowest BCUT2D eigenvalue weighted by molar-refractivity contribution is -0.149. The van der Waals surface area contributed by atoms with Gasteiger partial charge in [0, 0.05) is 26.1 Å². The summed E-state index contributed by atoms with van der Waals surface area (Å²) in [6.45, 7) is 4.08. The van der Waals surface area contributed by atoms with E-state index in [9.17, 15) is 19.5 Å². The van der Waals surface area contributed by atoms with Crippen molar-refractivity contribution < 1.29 is 29.0 Å². The number of methoxy groups -OCH3 is 1. The summed E-state index contributed by atoms with van der Waals surface area (Å²) < 4.78 is 10.9. The van der Waals surface area contributed by atoms with Crippen LogP contribution in [-0.2, 0) is 19.1 Å². The Kier molecular flexibility index (Phi) is 7.12. The fraction of sp³-hybridized carbons (Fsp3) is 0.444. The number of nitrogens with zero attached hydrogens (tertiary/aromatic N) is 1. The summed E-state index contributed by atoms with van der Waals surface area (Å²) in [5, 5.41) is 12.2. The van der Waals surface area contributed by atoms with Crippen molar-refractivity contribution in [2.45, 2.75) is 31.7 Å². The minimum Gasteiger partial charge on any atom is -0.481 e. The van der Waals surface area contributed by atoms with Gasteiger partial charge in [-0.3, -0.25) is 9.59 Å². The molecule has 0 bridgehead atoms. The van der Waals surface area contributed by atoms with Crippen LogP contribution in [0.5, 0.6) is 0 Å². The summed E-state index contributed by atoms with van der Waals surface area (Å²) in [5.74, 6) is -2.01. The molecular weight excluding hydrogens is 448 g/mol. The Morgan fingerprint density at radius 1 is 1.06 bits per heavy atom. The van der Waals surface area contributed by atoms with E-state index in [2.05, 4.69) is 17.4 Å². The monoisotopic (exact) mass is 480 g/mol. The lowest BCUT2D eigenvalue weighted by Crippen LogP contribution is -2.62. The van der Waals surface area contributed by atoms with Gasteiger partial charge in [-0.25, -0.2) is 4.79 Å². The Morgan fingerprint density at radius 3 is 2.23 bits per heavy atom. The van der Waals surface area contributed by atoms with Gasteiger partial charge >= 0.3 is 12.1 Å². The number of fused-ring (bicyclic) bond motifs is 3. The maximum Gasteiger partial charge on any atom is 0.408 e. The minimum atomic E-state index is -1.39. The summed E-state index contributed by atoms with van der Waals surface area (Å²) in [7, 11) is 1.45. The van der Waals surface area contributed by atoms with Crippen molar-refractivity contribution in [3.63, 3.8) is 0 Å². The molecule has 2 N–H and O–H groups in total. The highest BCUT2D eigenvalue weighted by Gasteiger charge is 2.42. The molecule has 0 saturated carbocycles. The topological polar surface area (TPSA) is 105 Å². The van der Waals surface area contributed by atoms with Crippen LogP contribution in [0.1, 0.15) is 37.3 Å². The molecule has 1 fully saturated rings. The first kappa shape index (κ1) is 24.7. The second-order valence-electron chi connectivity index (χ2n) is 9.80. The highest BCUT2D eigenvalue weighted by atomic mass is 16.5. The number of hydrogen-bond acceptors (Lipinski definition) is 5. The third-order valence-electron chi connectivity index (χ3n) is 6.92. The Hall–Kier alpha value is -3.39.